The van der Waals surface area contributed by atoms with Crippen LogP contribution in [0.15, 0.2) is 71.6 Å². The van der Waals surface area contributed by atoms with Gasteiger partial charge in [0.2, 0.25) is 11.8 Å². The molecule has 12 heteroatoms. The minimum absolute atomic E-state index is 0.0881. The highest BCUT2D eigenvalue weighted by Gasteiger charge is 2.35. The molecule has 11 nitrogen and oxygen atoms in total. The summed E-state index contributed by atoms with van der Waals surface area (Å²) >= 11 is 0. The van der Waals surface area contributed by atoms with Crippen molar-refractivity contribution in [3.63, 3.8) is 0 Å². The smallest absolute Gasteiger partial charge is 0.265 e. The number of nitrogens with one attached hydrogen (secondary N) is 1. The van der Waals surface area contributed by atoms with E-state index >= 15 is 0 Å². The van der Waals surface area contributed by atoms with Crippen LogP contribution in [0.2, 0.25) is 0 Å². The summed E-state index contributed by atoms with van der Waals surface area (Å²) < 4.78 is 51.5. The van der Waals surface area contributed by atoms with E-state index < -0.39 is 28.5 Å². The summed E-state index contributed by atoms with van der Waals surface area (Å²) in [7, 11) is 1.29. The SMILES string of the molecule is CC[C@@H](C)NC(=O)[C@H](CC)N(CCc1ccccc1)C(=O)CN(c1cc(OC)ccc1OC)S(=O)(=O)c1ccc(OC)c(OC)c1. The minimum Gasteiger partial charge on any atom is -0.497 e. The first-order chi connectivity index (χ1) is 22.0. The van der Waals surface area contributed by atoms with Crippen molar-refractivity contribution in [1.82, 2.24) is 10.2 Å². The molecule has 3 rings (SSSR count). The maximum absolute atomic E-state index is 14.4. The third kappa shape index (κ3) is 8.63. The third-order valence-corrected chi connectivity index (χ3v) is 9.50. The maximum atomic E-state index is 14.4. The van der Waals surface area contributed by atoms with Gasteiger partial charge < -0.3 is 29.2 Å². The average molecular weight is 656 g/mol. The molecule has 0 aliphatic carbocycles. The molecule has 3 aromatic carbocycles. The first kappa shape index (κ1) is 36.0. The molecule has 0 bridgehead atoms. The van der Waals surface area contributed by atoms with Crippen molar-refractivity contribution < 1.29 is 37.0 Å². The quantitative estimate of drug-likeness (QED) is 0.222. The highest BCUT2D eigenvalue weighted by Crippen LogP contribution is 2.37. The van der Waals surface area contributed by atoms with Gasteiger partial charge in [0.25, 0.3) is 10.0 Å². The molecule has 0 saturated carbocycles. The van der Waals surface area contributed by atoms with Gasteiger partial charge in [-0.2, -0.15) is 0 Å². The van der Waals surface area contributed by atoms with Crippen LogP contribution in [0.4, 0.5) is 5.69 Å². The monoisotopic (exact) mass is 655 g/mol. The summed E-state index contributed by atoms with van der Waals surface area (Å²) in [5, 5.41) is 2.99. The second-order valence-electron chi connectivity index (χ2n) is 10.6. The zero-order valence-electron chi connectivity index (χ0n) is 27.6. The van der Waals surface area contributed by atoms with Gasteiger partial charge in [0.05, 0.1) is 39.0 Å². The van der Waals surface area contributed by atoms with Crippen LogP contribution in [0.5, 0.6) is 23.0 Å². The Balaban J connectivity index is 2.15. The Labute approximate surface area is 272 Å². The molecule has 0 aromatic heterocycles. The van der Waals surface area contributed by atoms with Gasteiger partial charge in [0.15, 0.2) is 11.5 Å². The van der Waals surface area contributed by atoms with E-state index in [4.69, 9.17) is 18.9 Å². The molecule has 250 valence electrons. The van der Waals surface area contributed by atoms with Crippen LogP contribution in [0.25, 0.3) is 0 Å². The Morgan fingerprint density at radius 1 is 0.804 bits per heavy atom. The van der Waals surface area contributed by atoms with Crippen LogP contribution >= 0.6 is 0 Å². The van der Waals surface area contributed by atoms with E-state index in [0.717, 1.165) is 9.87 Å². The second-order valence-corrected chi connectivity index (χ2v) is 12.5. The van der Waals surface area contributed by atoms with Crippen LogP contribution in [0.3, 0.4) is 0 Å². The van der Waals surface area contributed by atoms with E-state index in [1.807, 2.05) is 51.1 Å². The van der Waals surface area contributed by atoms with Crippen molar-refractivity contribution in [3.8, 4) is 23.0 Å². The summed E-state index contributed by atoms with van der Waals surface area (Å²) in [6.07, 6.45) is 1.51. The number of anilines is 1. The molecular formula is C34H45N3O8S. The number of rotatable bonds is 17. The van der Waals surface area contributed by atoms with Crippen LogP contribution in [-0.4, -0.2) is 78.7 Å². The first-order valence-electron chi connectivity index (χ1n) is 15.1. The molecule has 46 heavy (non-hydrogen) atoms. The lowest BCUT2D eigenvalue weighted by molar-refractivity contribution is -0.139. The van der Waals surface area contributed by atoms with Crippen LogP contribution in [-0.2, 0) is 26.0 Å². The van der Waals surface area contributed by atoms with Crippen LogP contribution in [0.1, 0.15) is 39.2 Å². The highest BCUT2D eigenvalue weighted by atomic mass is 32.2. The number of nitrogens with zero attached hydrogens (tertiary/aromatic N) is 2. The largest absolute Gasteiger partial charge is 0.497 e. The number of hydrogen-bond donors (Lipinski definition) is 1. The van der Waals surface area contributed by atoms with E-state index in [0.29, 0.717) is 30.8 Å². The molecular weight excluding hydrogens is 610 g/mol. The van der Waals surface area contributed by atoms with Crippen molar-refractivity contribution in [1.29, 1.82) is 0 Å². The summed E-state index contributed by atoms with van der Waals surface area (Å²) in [5.41, 5.74) is 1.06. The minimum atomic E-state index is -4.43. The molecule has 0 saturated heterocycles. The fourth-order valence-corrected chi connectivity index (χ4v) is 6.38. The van der Waals surface area contributed by atoms with E-state index in [1.54, 1.807) is 12.1 Å². The van der Waals surface area contributed by atoms with Gasteiger partial charge in [0.1, 0.15) is 24.1 Å². The van der Waals surface area contributed by atoms with Gasteiger partial charge in [-0.25, -0.2) is 8.42 Å². The zero-order chi connectivity index (χ0) is 33.9. The molecule has 2 atom stereocenters. The fraction of sp³-hybridized carbons (Fsp3) is 0.412. The predicted molar refractivity (Wildman–Crippen MR) is 177 cm³/mol. The van der Waals surface area contributed by atoms with Crippen molar-refractivity contribution >= 4 is 27.5 Å². The lowest BCUT2D eigenvalue weighted by atomic mass is 10.1. The predicted octanol–water partition coefficient (Wildman–Crippen LogP) is 4.68. The summed E-state index contributed by atoms with van der Waals surface area (Å²) in [4.78, 5) is 29.2. The molecule has 1 N–H and O–H groups in total. The number of hydrogen-bond acceptors (Lipinski definition) is 8. The van der Waals surface area contributed by atoms with Crippen molar-refractivity contribution in [2.75, 3.05) is 45.8 Å². The molecule has 2 amide bonds. The van der Waals surface area contributed by atoms with Gasteiger partial charge >= 0.3 is 0 Å². The molecule has 0 unspecified atom stereocenters. The lowest BCUT2D eigenvalue weighted by Crippen LogP contribution is -2.54. The van der Waals surface area contributed by atoms with Gasteiger partial charge in [-0.1, -0.05) is 44.2 Å². The molecule has 0 spiro atoms. The van der Waals surface area contributed by atoms with E-state index in [9.17, 15) is 18.0 Å². The first-order valence-corrected chi connectivity index (χ1v) is 16.6. The van der Waals surface area contributed by atoms with Crippen LogP contribution in [0, 0.1) is 0 Å². The van der Waals surface area contributed by atoms with Gasteiger partial charge in [0, 0.05) is 24.7 Å². The van der Waals surface area contributed by atoms with E-state index in [2.05, 4.69) is 5.32 Å². The Morgan fingerprint density at radius 3 is 2.04 bits per heavy atom. The second kappa shape index (κ2) is 16.7. The fourth-order valence-electron chi connectivity index (χ4n) is 4.95. The van der Waals surface area contributed by atoms with Crippen molar-refractivity contribution in [3.05, 3.63) is 72.3 Å². The molecule has 0 fully saturated rings. The summed E-state index contributed by atoms with van der Waals surface area (Å²) in [6.45, 7) is 5.25. The lowest BCUT2D eigenvalue weighted by Gasteiger charge is -2.34. The Bertz CT molecular complexity index is 1570. The van der Waals surface area contributed by atoms with Crippen LogP contribution < -0.4 is 28.6 Å². The molecule has 0 aliphatic rings. The normalized spacial score (nSPS) is 12.4. The number of carbonyl (C=O) groups is 2. The third-order valence-electron chi connectivity index (χ3n) is 7.75. The van der Waals surface area contributed by atoms with E-state index in [1.165, 1.54) is 57.6 Å². The van der Waals surface area contributed by atoms with Crippen molar-refractivity contribution in [2.24, 2.45) is 0 Å². The molecule has 0 aliphatic heterocycles. The topological polar surface area (TPSA) is 124 Å². The maximum Gasteiger partial charge on any atom is 0.265 e. The van der Waals surface area contributed by atoms with Gasteiger partial charge in [-0.05, 0) is 56.0 Å². The zero-order valence-corrected chi connectivity index (χ0v) is 28.4. The van der Waals surface area contributed by atoms with E-state index in [-0.39, 0.29) is 40.6 Å². The summed E-state index contributed by atoms with van der Waals surface area (Å²) in [5.74, 6) is 0.242. The van der Waals surface area contributed by atoms with Gasteiger partial charge in [-0.3, -0.25) is 13.9 Å². The Kier molecular flexibility index (Phi) is 13.1. The number of methoxy groups -OCH3 is 4. The number of benzene rings is 3. The highest BCUT2D eigenvalue weighted by molar-refractivity contribution is 7.92. The number of amides is 2. The van der Waals surface area contributed by atoms with Crippen molar-refractivity contribution in [2.45, 2.75) is 57.0 Å². The van der Waals surface area contributed by atoms with Gasteiger partial charge in [-0.15, -0.1) is 0 Å². The number of ether oxygens (including phenoxy) is 4. The molecule has 3 aromatic rings. The Hall–Kier alpha value is -4.45. The molecule has 0 radical (unpaired) electrons. The Morgan fingerprint density at radius 2 is 1.46 bits per heavy atom. The number of sulfonamides is 1. The summed E-state index contributed by atoms with van der Waals surface area (Å²) in [6, 6.07) is 17.5. The standard InChI is InChI=1S/C34H45N3O8S/c1-8-24(3)35-34(39)28(9-2)36(20-19-25-13-11-10-12-14-25)33(38)23-37(29-21-26(42-4)15-17-30(29)43-5)46(40,41)27-16-18-31(44-6)32(22-27)45-7/h10-18,21-22,24,28H,8-9,19-20,23H2,1-7H3,(H,35,39)/t24-,28+/m1/s1. The molecule has 0 heterocycles. The average Bonchev–Trinajstić information content (AvgIpc) is 3.08. The number of carbonyl (C=O) groups excluding carboxylic acids is 2.